The number of nitrogens with zero attached hydrogens (tertiary/aromatic N) is 1. The number of carboxylic acid groups (broad SMARTS) is 1. The van der Waals surface area contributed by atoms with Gasteiger partial charge in [-0.25, -0.2) is 0 Å². The molecule has 0 amide bonds. The number of rotatable bonds is 5. The lowest BCUT2D eigenvalue weighted by Crippen LogP contribution is -2.43. The molecule has 0 spiro atoms. The zero-order chi connectivity index (χ0) is 15.4. The van der Waals surface area contributed by atoms with Crippen LogP contribution < -0.4 is 9.47 Å². The Balaban J connectivity index is 2.36. The van der Waals surface area contributed by atoms with Crippen molar-refractivity contribution in [3.8, 4) is 11.5 Å². The second-order valence-electron chi connectivity index (χ2n) is 5.44. The second-order valence-corrected chi connectivity index (χ2v) is 5.44. The minimum Gasteiger partial charge on any atom is -0.493 e. The smallest absolute Gasteiger partial charge is 0.325 e. The Morgan fingerprint density at radius 2 is 2.00 bits per heavy atom. The van der Waals surface area contributed by atoms with Crippen LogP contribution in [0.4, 0.5) is 0 Å². The highest BCUT2D eigenvalue weighted by molar-refractivity contribution is 5.76. The SMILES string of the molecule is COc1ccc(C(C(=O)O)N2CCCCC2C)cc1OC. The highest BCUT2D eigenvalue weighted by atomic mass is 16.5. The average Bonchev–Trinajstić information content (AvgIpc) is 2.49. The third-order valence-electron chi connectivity index (χ3n) is 4.14. The second kappa shape index (κ2) is 6.80. The van der Waals surface area contributed by atoms with Crippen LogP contribution in [0.2, 0.25) is 0 Å². The summed E-state index contributed by atoms with van der Waals surface area (Å²) in [5, 5.41) is 9.67. The van der Waals surface area contributed by atoms with Crippen LogP contribution >= 0.6 is 0 Å². The number of ether oxygens (including phenoxy) is 2. The molecule has 0 bridgehead atoms. The molecule has 0 radical (unpaired) electrons. The van der Waals surface area contributed by atoms with E-state index in [0.29, 0.717) is 11.5 Å². The zero-order valence-corrected chi connectivity index (χ0v) is 12.8. The third kappa shape index (κ3) is 3.29. The molecule has 2 rings (SSSR count). The average molecular weight is 293 g/mol. The van der Waals surface area contributed by atoms with Crippen LogP contribution in [0, 0.1) is 0 Å². The van der Waals surface area contributed by atoms with Crippen molar-refractivity contribution in [1.29, 1.82) is 0 Å². The summed E-state index contributed by atoms with van der Waals surface area (Å²) in [4.78, 5) is 13.8. The minimum absolute atomic E-state index is 0.271. The molecule has 2 atom stereocenters. The lowest BCUT2D eigenvalue weighted by molar-refractivity contribution is -0.145. The number of hydrogen-bond acceptors (Lipinski definition) is 4. The number of benzene rings is 1. The van der Waals surface area contributed by atoms with Crippen molar-refractivity contribution in [1.82, 2.24) is 4.90 Å². The molecular weight excluding hydrogens is 270 g/mol. The molecule has 5 heteroatoms. The number of aliphatic carboxylic acids is 1. The van der Waals surface area contributed by atoms with Crippen molar-refractivity contribution in [2.24, 2.45) is 0 Å². The maximum Gasteiger partial charge on any atom is 0.325 e. The van der Waals surface area contributed by atoms with Crippen LogP contribution in [0.25, 0.3) is 0 Å². The summed E-state index contributed by atoms with van der Waals surface area (Å²) >= 11 is 0. The molecule has 1 aromatic rings. The number of carbonyl (C=O) groups is 1. The van der Waals surface area contributed by atoms with Gasteiger partial charge in [0.2, 0.25) is 0 Å². The summed E-state index contributed by atoms with van der Waals surface area (Å²) < 4.78 is 10.5. The number of piperidine rings is 1. The molecule has 1 saturated heterocycles. The molecule has 1 N–H and O–H groups in total. The third-order valence-corrected chi connectivity index (χ3v) is 4.14. The fourth-order valence-corrected chi connectivity index (χ4v) is 3.00. The molecule has 0 aliphatic carbocycles. The van der Waals surface area contributed by atoms with E-state index >= 15 is 0 Å². The number of likely N-dealkylation sites (tertiary alicyclic amines) is 1. The van der Waals surface area contributed by atoms with Gasteiger partial charge in [0.15, 0.2) is 11.5 Å². The molecule has 1 fully saturated rings. The lowest BCUT2D eigenvalue weighted by Gasteiger charge is -2.37. The van der Waals surface area contributed by atoms with Crippen LogP contribution in [0.3, 0.4) is 0 Å². The van der Waals surface area contributed by atoms with Crippen molar-refractivity contribution in [3.05, 3.63) is 23.8 Å². The summed E-state index contributed by atoms with van der Waals surface area (Å²) in [5.74, 6) is 0.346. The molecule has 21 heavy (non-hydrogen) atoms. The maximum atomic E-state index is 11.8. The van der Waals surface area contributed by atoms with Crippen LogP contribution in [-0.2, 0) is 4.79 Å². The van der Waals surface area contributed by atoms with Gasteiger partial charge in [-0.1, -0.05) is 12.5 Å². The fourth-order valence-electron chi connectivity index (χ4n) is 3.00. The Morgan fingerprint density at radius 3 is 2.57 bits per heavy atom. The van der Waals surface area contributed by atoms with Crippen molar-refractivity contribution in [2.75, 3.05) is 20.8 Å². The Morgan fingerprint density at radius 1 is 1.29 bits per heavy atom. The van der Waals surface area contributed by atoms with E-state index < -0.39 is 12.0 Å². The van der Waals surface area contributed by atoms with Gasteiger partial charge in [0, 0.05) is 6.04 Å². The van der Waals surface area contributed by atoms with Gasteiger partial charge in [-0.3, -0.25) is 9.69 Å². The fraction of sp³-hybridized carbons (Fsp3) is 0.562. The first-order valence-electron chi connectivity index (χ1n) is 7.29. The quantitative estimate of drug-likeness (QED) is 0.904. The Kier molecular flexibility index (Phi) is 5.07. The van der Waals surface area contributed by atoms with E-state index in [1.165, 1.54) is 0 Å². The van der Waals surface area contributed by atoms with Gasteiger partial charge in [-0.15, -0.1) is 0 Å². The molecule has 1 aliphatic rings. The first-order chi connectivity index (χ1) is 10.1. The van der Waals surface area contributed by atoms with E-state index in [4.69, 9.17) is 9.47 Å². The molecule has 1 aliphatic heterocycles. The van der Waals surface area contributed by atoms with E-state index in [1.807, 2.05) is 6.07 Å². The van der Waals surface area contributed by atoms with Gasteiger partial charge >= 0.3 is 5.97 Å². The molecular formula is C16H23NO4. The molecule has 1 aromatic carbocycles. The Bertz CT molecular complexity index is 503. The molecule has 0 aromatic heterocycles. The van der Waals surface area contributed by atoms with E-state index in [2.05, 4.69) is 11.8 Å². The van der Waals surface area contributed by atoms with Gasteiger partial charge in [-0.05, 0) is 44.0 Å². The van der Waals surface area contributed by atoms with Gasteiger partial charge in [0.05, 0.1) is 14.2 Å². The summed E-state index contributed by atoms with van der Waals surface area (Å²) in [6.07, 6.45) is 3.24. The largest absolute Gasteiger partial charge is 0.493 e. The van der Waals surface area contributed by atoms with Gasteiger partial charge in [-0.2, -0.15) is 0 Å². The zero-order valence-electron chi connectivity index (χ0n) is 12.8. The first-order valence-corrected chi connectivity index (χ1v) is 7.29. The number of hydrogen-bond donors (Lipinski definition) is 1. The normalized spacial score (nSPS) is 20.8. The van der Waals surface area contributed by atoms with Crippen LogP contribution in [-0.4, -0.2) is 42.8 Å². The molecule has 5 nitrogen and oxygen atoms in total. The van der Waals surface area contributed by atoms with E-state index in [9.17, 15) is 9.90 Å². The van der Waals surface area contributed by atoms with Crippen LogP contribution in [0.1, 0.15) is 37.8 Å². The van der Waals surface area contributed by atoms with E-state index in [-0.39, 0.29) is 6.04 Å². The van der Waals surface area contributed by atoms with Crippen LogP contribution in [0.5, 0.6) is 11.5 Å². The van der Waals surface area contributed by atoms with Crippen molar-refractivity contribution in [3.63, 3.8) is 0 Å². The molecule has 2 unspecified atom stereocenters. The maximum absolute atomic E-state index is 11.8. The van der Waals surface area contributed by atoms with Crippen molar-refractivity contribution < 1.29 is 19.4 Å². The predicted octanol–water partition coefficient (Wildman–Crippen LogP) is 2.70. The number of methoxy groups -OCH3 is 2. The minimum atomic E-state index is -0.823. The number of carboxylic acids is 1. The Labute approximate surface area is 125 Å². The monoisotopic (exact) mass is 293 g/mol. The summed E-state index contributed by atoms with van der Waals surface area (Å²) in [7, 11) is 3.12. The topological polar surface area (TPSA) is 59.0 Å². The summed E-state index contributed by atoms with van der Waals surface area (Å²) in [5.41, 5.74) is 0.730. The predicted molar refractivity (Wildman–Crippen MR) is 79.9 cm³/mol. The summed E-state index contributed by atoms with van der Waals surface area (Å²) in [6.45, 7) is 2.91. The van der Waals surface area contributed by atoms with Crippen molar-refractivity contribution >= 4 is 5.97 Å². The standard InChI is InChI=1S/C16H23NO4/c1-11-6-4-5-9-17(11)15(16(18)19)12-7-8-13(20-2)14(10-12)21-3/h7-8,10-11,15H,4-6,9H2,1-3H3,(H,18,19). The van der Waals surface area contributed by atoms with Gasteiger partial charge < -0.3 is 14.6 Å². The van der Waals surface area contributed by atoms with E-state index in [1.54, 1.807) is 26.4 Å². The molecule has 116 valence electrons. The lowest BCUT2D eigenvalue weighted by atomic mass is 9.97. The Hall–Kier alpha value is -1.75. The first kappa shape index (κ1) is 15.6. The van der Waals surface area contributed by atoms with Gasteiger partial charge in [0.1, 0.15) is 6.04 Å². The summed E-state index contributed by atoms with van der Waals surface area (Å²) in [6, 6.07) is 4.96. The molecule has 1 heterocycles. The van der Waals surface area contributed by atoms with Crippen molar-refractivity contribution in [2.45, 2.75) is 38.3 Å². The highest BCUT2D eigenvalue weighted by Crippen LogP contribution is 2.34. The van der Waals surface area contributed by atoms with E-state index in [0.717, 1.165) is 31.4 Å². The van der Waals surface area contributed by atoms with Gasteiger partial charge in [0.25, 0.3) is 0 Å². The van der Waals surface area contributed by atoms with Crippen LogP contribution in [0.15, 0.2) is 18.2 Å². The highest BCUT2D eigenvalue weighted by Gasteiger charge is 2.32. The molecule has 0 saturated carbocycles.